The molecule has 5 nitrogen and oxygen atoms in total. The molecule has 1 amide bonds. The Labute approximate surface area is 161 Å². The van der Waals surface area contributed by atoms with Crippen molar-refractivity contribution in [3.05, 3.63) is 48.0 Å². The molecule has 0 saturated carbocycles. The van der Waals surface area contributed by atoms with Crippen molar-refractivity contribution < 1.29 is 19.0 Å². The lowest BCUT2D eigenvalue weighted by atomic mass is 10.2. The number of hydrogen-bond acceptors (Lipinski definition) is 4. The molecular formula is C22H29NO4. The number of carbonyl (C=O) groups excluding carboxylic acids is 1. The van der Waals surface area contributed by atoms with Crippen molar-refractivity contribution in [2.45, 2.75) is 39.5 Å². The van der Waals surface area contributed by atoms with Gasteiger partial charge in [-0.1, -0.05) is 38.3 Å². The summed E-state index contributed by atoms with van der Waals surface area (Å²) in [7, 11) is 1.57. The van der Waals surface area contributed by atoms with E-state index in [1.807, 2.05) is 43.3 Å². The Morgan fingerprint density at radius 3 is 2.52 bits per heavy atom. The van der Waals surface area contributed by atoms with Crippen molar-refractivity contribution in [3.8, 4) is 17.2 Å². The molecule has 0 heterocycles. The van der Waals surface area contributed by atoms with Crippen LogP contribution in [0.2, 0.25) is 0 Å². The van der Waals surface area contributed by atoms with Crippen molar-refractivity contribution in [2.75, 3.05) is 25.6 Å². The van der Waals surface area contributed by atoms with E-state index in [0.717, 1.165) is 17.7 Å². The van der Waals surface area contributed by atoms with Crippen molar-refractivity contribution >= 4 is 11.6 Å². The molecule has 2 rings (SSSR count). The smallest absolute Gasteiger partial charge is 0.262 e. The number of hydrogen-bond donors (Lipinski definition) is 1. The monoisotopic (exact) mass is 371 g/mol. The number of aryl methyl sites for hydroxylation is 1. The molecule has 5 heteroatoms. The highest BCUT2D eigenvalue weighted by Gasteiger charge is 2.09. The van der Waals surface area contributed by atoms with Gasteiger partial charge in [0, 0.05) is 6.07 Å². The SMILES string of the molecule is CCCCCCOc1cccc(OCC(=O)Nc2cc(C)ccc2OC)c1. The number of amides is 1. The number of ether oxygens (including phenoxy) is 3. The molecule has 146 valence electrons. The van der Waals surface area contributed by atoms with E-state index >= 15 is 0 Å². The van der Waals surface area contributed by atoms with E-state index in [2.05, 4.69) is 12.2 Å². The van der Waals surface area contributed by atoms with E-state index in [1.54, 1.807) is 13.2 Å². The Bertz CT molecular complexity index is 730. The molecule has 2 aromatic carbocycles. The highest BCUT2D eigenvalue weighted by atomic mass is 16.5. The van der Waals surface area contributed by atoms with Gasteiger partial charge < -0.3 is 19.5 Å². The summed E-state index contributed by atoms with van der Waals surface area (Å²) in [5.74, 6) is 1.73. The van der Waals surface area contributed by atoms with Crippen LogP contribution in [-0.4, -0.2) is 26.2 Å². The van der Waals surface area contributed by atoms with Crippen LogP contribution in [0.15, 0.2) is 42.5 Å². The maximum Gasteiger partial charge on any atom is 0.262 e. The molecular weight excluding hydrogens is 342 g/mol. The van der Waals surface area contributed by atoms with E-state index in [9.17, 15) is 4.79 Å². The highest BCUT2D eigenvalue weighted by molar-refractivity contribution is 5.93. The molecule has 1 N–H and O–H groups in total. The predicted molar refractivity (Wildman–Crippen MR) is 108 cm³/mol. The molecule has 0 spiro atoms. The predicted octanol–water partition coefficient (Wildman–Crippen LogP) is 4.98. The van der Waals surface area contributed by atoms with Crippen LogP contribution >= 0.6 is 0 Å². The standard InChI is InChI=1S/C22H29NO4/c1-4-5-6-7-13-26-18-9-8-10-19(15-18)27-16-22(24)23-20-14-17(2)11-12-21(20)25-3/h8-12,14-15H,4-7,13,16H2,1-3H3,(H,23,24). The first kappa shape index (κ1) is 20.6. The molecule has 0 aromatic heterocycles. The zero-order chi connectivity index (χ0) is 19.5. The van der Waals surface area contributed by atoms with Crippen LogP contribution in [0.1, 0.15) is 38.2 Å². The number of anilines is 1. The van der Waals surface area contributed by atoms with Gasteiger partial charge in [-0.05, 0) is 43.2 Å². The molecule has 0 saturated heterocycles. The highest BCUT2D eigenvalue weighted by Crippen LogP contribution is 2.25. The zero-order valence-corrected chi connectivity index (χ0v) is 16.4. The van der Waals surface area contributed by atoms with Gasteiger partial charge in [0.25, 0.3) is 5.91 Å². The van der Waals surface area contributed by atoms with Crippen molar-refractivity contribution in [2.24, 2.45) is 0 Å². The second kappa shape index (κ2) is 11.1. The summed E-state index contributed by atoms with van der Waals surface area (Å²) in [5, 5.41) is 2.82. The van der Waals surface area contributed by atoms with E-state index in [0.29, 0.717) is 23.8 Å². The Hall–Kier alpha value is -2.69. The summed E-state index contributed by atoms with van der Waals surface area (Å²) in [6, 6.07) is 13.0. The van der Waals surface area contributed by atoms with Crippen molar-refractivity contribution in [1.29, 1.82) is 0 Å². The Kier molecular flexibility index (Phi) is 8.49. The average Bonchev–Trinajstić information content (AvgIpc) is 2.67. The zero-order valence-electron chi connectivity index (χ0n) is 16.4. The third kappa shape index (κ3) is 7.21. The fourth-order valence-electron chi connectivity index (χ4n) is 2.63. The third-order valence-electron chi connectivity index (χ3n) is 4.07. The van der Waals surface area contributed by atoms with Gasteiger partial charge in [0.15, 0.2) is 6.61 Å². The number of carbonyl (C=O) groups is 1. The van der Waals surface area contributed by atoms with Crippen molar-refractivity contribution in [1.82, 2.24) is 0 Å². The fourth-order valence-corrected chi connectivity index (χ4v) is 2.63. The van der Waals surface area contributed by atoms with E-state index < -0.39 is 0 Å². The second-order valence-corrected chi connectivity index (χ2v) is 6.42. The van der Waals surface area contributed by atoms with Crippen LogP contribution < -0.4 is 19.5 Å². The quantitative estimate of drug-likeness (QED) is 0.566. The van der Waals surface area contributed by atoms with Crippen LogP contribution in [-0.2, 0) is 4.79 Å². The summed E-state index contributed by atoms with van der Waals surface area (Å²) in [6.07, 6.45) is 4.65. The van der Waals surface area contributed by atoms with Crippen LogP contribution in [0.25, 0.3) is 0 Å². The lowest BCUT2D eigenvalue weighted by molar-refractivity contribution is -0.118. The minimum absolute atomic E-state index is 0.0863. The van der Waals surface area contributed by atoms with Crippen molar-refractivity contribution in [3.63, 3.8) is 0 Å². The number of benzene rings is 2. The normalized spacial score (nSPS) is 10.3. The second-order valence-electron chi connectivity index (χ2n) is 6.42. The lowest BCUT2D eigenvalue weighted by Gasteiger charge is -2.12. The molecule has 0 bridgehead atoms. The van der Waals surface area contributed by atoms with Crippen LogP contribution in [0.3, 0.4) is 0 Å². The maximum absolute atomic E-state index is 12.2. The van der Waals surface area contributed by atoms with Gasteiger partial charge in [0.1, 0.15) is 17.2 Å². The number of unbranched alkanes of at least 4 members (excludes halogenated alkanes) is 3. The van der Waals surface area contributed by atoms with Gasteiger partial charge in [0.05, 0.1) is 19.4 Å². The number of methoxy groups -OCH3 is 1. The first-order valence-electron chi connectivity index (χ1n) is 9.42. The lowest BCUT2D eigenvalue weighted by Crippen LogP contribution is -2.20. The molecule has 0 aliphatic carbocycles. The summed E-state index contributed by atoms with van der Waals surface area (Å²) < 4.78 is 16.6. The molecule has 2 aromatic rings. The third-order valence-corrected chi connectivity index (χ3v) is 4.07. The minimum Gasteiger partial charge on any atom is -0.495 e. The van der Waals surface area contributed by atoms with Crippen LogP contribution in [0.5, 0.6) is 17.2 Å². The van der Waals surface area contributed by atoms with Gasteiger partial charge >= 0.3 is 0 Å². The van der Waals surface area contributed by atoms with Gasteiger partial charge in [-0.15, -0.1) is 0 Å². The Morgan fingerprint density at radius 1 is 1.00 bits per heavy atom. The largest absolute Gasteiger partial charge is 0.495 e. The minimum atomic E-state index is -0.246. The Balaban J connectivity index is 1.83. The molecule has 0 fully saturated rings. The summed E-state index contributed by atoms with van der Waals surface area (Å²) in [4.78, 5) is 12.2. The van der Waals surface area contributed by atoms with Crippen LogP contribution in [0.4, 0.5) is 5.69 Å². The number of nitrogens with one attached hydrogen (secondary N) is 1. The van der Waals surface area contributed by atoms with Gasteiger partial charge in [0.2, 0.25) is 0 Å². The van der Waals surface area contributed by atoms with E-state index in [4.69, 9.17) is 14.2 Å². The summed E-state index contributed by atoms with van der Waals surface area (Å²) in [5.41, 5.74) is 1.67. The molecule has 0 atom stereocenters. The molecule has 0 radical (unpaired) electrons. The van der Waals surface area contributed by atoms with Gasteiger partial charge in [-0.3, -0.25) is 4.79 Å². The fraction of sp³-hybridized carbons (Fsp3) is 0.409. The Morgan fingerprint density at radius 2 is 1.78 bits per heavy atom. The van der Waals surface area contributed by atoms with Crippen LogP contribution in [0, 0.1) is 6.92 Å². The topological polar surface area (TPSA) is 56.8 Å². The molecule has 0 unspecified atom stereocenters. The first-order valence-corrected chi connectivity index (χ1v) is 9.42. The number of rotatable bonds is 11. The average molecular weight is 371 g/mol. The maximum atomic E-state index is 12.2. The van der Waals surface area contributed by atoms with E-state index in [-0.39, 0.29) is 12.5 Å². The first-order chi connectivity index (χ1) is 13.1. The molecule has 0 aliphatic heterocycles. The van der Waals surface area contributed by atoms with E-state index in [1.165, 1.54) is 19.3 Å². The summed E-state index contributed by atoms with van der Waals surface area (Å²) in [6.45, 7) is 4.75. The molecule has 0 aliphatic rings. The molecule has 27 heavy (non-hydrogen) atoms. The van der Waals surface area contributed by atoms with Gasteiger partial charge in [-0.25, -0.2) is 0 Å². The van der Waals surface area contributed by atoms with Gasteiger partial charge in [-0.2, -0.15) is 0 Å². The summed E-state index contributed by atoms with van der Waals surface area (Å²) >= 11 is 0.